The molecule has 0 radical (unpaired) electrons. The molecule has 1 aromatic carbocycles. The molecule has 1 atom stereocenters. The Bertz CT molecular complexity index is 876. The minimum Gasteiger partial charge on any atom is -0.497 e. The number of carbonyl (C=O) groups is 3. The lowest BCUT2D eigenvalue weighted by atomic mass is 9.87. The van der Waals surface area contributed by atoms with Gasteiger partial charge in [-0.3, -0.25) is 14.5 Å². The number of hydrogen-bond acceptors (Lipinski definition) is 6. The van der Waals surface area contributed by atoms with E-state index in [1.807, 2.05) is 0 Å². The third-order valence-electron chi connectivity index (χ3n) is 4.49. The normalized spacial score (nSPS) is 19.1. The predicted molar refractivity (Wildman–Crippen MR) is 95.1 cm³/mol. The fourth-order valence-corrected chi connectivity index (χ4v) is 3.04. The van der Waals surface area contributed by atoms with E-state index in [-0.39, 0.29) is 5.82 Å². The Kier molecular flexibility index (Phi) is 4.85. The van der Waals surface area contributed by atoms with Gasteiger partial charge >= 0.3 is 6.03 Å². The van der Waals surface area contributed by atoms with Crippen LogP contribution < -0.4 is 15.4 Å². The van der Waals surface area contributed by atoms with E-state index in [0.717, 1.165) is 4.90 Å². The Morgan fingerprint density at radius 1 is 1.33 bits per heavy atom. The van der Waals surface area contributed by atoms with Crippen LogP contribution in [0.15, 0.2) is 34.9 Å². The second-order valence-corrected chi connectivity index (χ2v) is 6.18. The Hall–Kier alpha value is -3.36. The molecule has 9 heteroatoms. The van der Waals surface area contributed by atoms with E-state index in [9.17, 15) is 14.4 Å². The summed E-state index contributed by atoms with van der Waals surface area (Å²) in [4.78, 5) is 38.5. The molecule has 2 aromatic rings. The van der Waals surface area contributed by atoms with E-state index in [2.05, 4.69) is 15.8 Å². The molecular weight excluding hydrogens is 352 g/mol. The third-order valence-corrected chi connectivity index (χ3v) is 4.49. The number of nitrogens with one attached hydrogen (secondary N) is 2. The number of carbonyl (C=O) groups excluding carboxylic acids is 3. The van der Waals surface area contributed by atoms with Crippen LogP contribution in [0.5, 0.6) is 5.75 Å². The van der Waals surface area contributed by atoms with Crippen LogP contribution in [0.2, 0.25) is 0 Å². The lowest BCUT2D eigenvalue weighted by Gasteiger charge is -2.25. The molecule has 0 unspecified atom stereocenters. The Morgan fingerprint density at radius 2 is 2.04 bits per heavy atom. The first-order valence-corrected chi connectivity index (χ1v) is 8.41. The van der Waals surface area contributed by atoms with Crippen molar-refractivity contribution in [3.63, 3.8) is 0 Å². The van der Waals surface area contributed by atoms with Crippen LogP contribution in [-0.2, 0) is 15.1 Å². The summed E-state index contributed by atoms with van der Waals surface area (Å²) in [5.74, 6) is 0.368. The van der Waals surface area contributed by atoms with Gasteiger partial charge in [0.25, 0.3) is 5.91 Å². The fraction of sp³-hybridized carbons (Fsp3) is 0.333. The number of amides is 4. The Balaban J connectivity index is 1.78. The van der Waals surface area contributed by atoms with Gasteiger partial charge in [-0.2, -0.15) is 0 Å². The zero-order valence-electron chi connectivity index (χ0n) is 15.2. The fourth-order valence-electron chi connectivity index (χ4n) is 3.04. The highest BCUT2D eigenvalue weighted by Gasteiger charge is 2.51. The number of anilines is 1. The van der Waals surface area contributed by atoms with Gasteiger partial charge in [-0.05, 0) is 31.0 Å². The molecule has 4 amide bonds. The first kappa shape index (κ1) is 18.4. The van der Waals surface area contributed by atoms with Crippen LogP contribution in [0.3, 0.4) is 0 Å². The van der Waals surface area contributed by atoms with E-state index in [4.69, 9.17) is 9.26 Å². The van der Waals surface area contributed by atoms with Crippen molar-refractivity contribution in [2.75, 3.05) is 19.0 Å². The molecule has 2 N–H and O–H groups in total. The maximum absolute atomic E-state index is 13.0. The number of aromatic nitrogens is 1. The molecule has 0 saturated carbocycles. The summed E-state index contributed by atoms with van der Waals surface area (Å²) in [6.45, 7) is 3.06. The standard InChI is InChI=1S/C18H20N4O5/c1-4-18(12-5-7-13(26-3)8-6-12)16(24)22(17(25)20-18)10-15(23)19-14-9-11(2)27-21-14/h5-9H,4,10H2,1-3H3,(H,20,25)(H,19,21,23)/t18-/m1/s1. The van der Waals surface area contributed by atoms with E-state index in [1.54, 1.807) is 45.2 Å². The van der Waals surface area contributed by atoms with Crippen LogP contribution in [0.1, 0.15) is 24.7 Å². The van der Waals surface area contributed by atoms with Gasteiger partial charge in [0, 0.05) is 6.07 Å². The van der Waals surface area contributed by atoms with Crippen LogP contribution in [0, 0.1) is 6.92 Å². The minimum atomic E-state index is -1.21. The highest BCUT2D eigenvalue weighted by atomic mass is 16.5. The molecule has 3 rings (SSSR count). The number of rotatable bonds is 6. The second kappa shape index (κ2) is 7.10. The van der Waals surface area contributed by atoms with Crippen molar-refractivity contribution in [3.05, 3.63) is 41.7 Å². The zero-order chi connectivity index (χ0) is 19.6. The third kappa shape index (κ3) is 3.35. The summed E-state index contributed by atoms with van der Waals surface area (Å²) >= 11 is 0. The lowest BCUT2D eigenvalue weighted by Crippen LogP contribution is -2.44. The number of nitrogens with zero attached hydrogens (tertiary/aromatic N) is 2. The molecule has 1 aliphatic heterocycles. The number of benzene rings is 1. The monoisotopic (exact) mass is 372 g/mol. The molecular formula is C18H20N4O5. The molecule has 0 aliphatic carbocycles. The summed E-state index contributed by atoms with van der Waals surface area (Å²) in [5, 5.41) is 8.88. The number of imide groups is 1. The molecule has 1 aliphatic rings. The van der Waals surface area contributed by atoms with E-state index >= 15 is 0 Å². The van der Waals surface area contributed by atoms with Gasteiger partial charge in [0.15, 0.2) is 5.82 Å². The van der Waals surface area contributed by atoms with Gasteiger partial charge in [0.05, 0.1) is 7.11 Å². The number of hydrogen-bond donors (Lipinski definition) is 2. The average Bonchev–Trinajstić information content (AvgIpc) is 3.17. The SMILES string of the molecule is CC[C@]1(c2ccc(OC)cc2)NC(=O)N(CC(=O)Nc2cc(C)on2)C1=O. The molecule has 0 bridgehead atoms. The molecule has 1 aromatic heterocycles. The molecule has 9 nitrogen and oxygen atoms in total. The molecule has 2 heterocycles. The van der Waals surface area contributed by atoms with E-state index in [1.165, 1.54) is 6.07 Å². The summed E-state index contributed by atoms with van der Waals surface area (Å²) in [6, 6.07) is 7.80. The molecule has 1 fully saturated rings. The van der Waals surface area contributed by atoms with Crippen molar-refractivity contribution in [1.82, 2.24) is 15.4 Å². The van der Waals surface area contributed by atoms with Crippen molar-refractivity contribution in [2.45, 2.75) is 25.8 Å². The average molecular weight is 372 g/mol. The highest BCUT2D eigenvalue weighted by Crippen LogP contribution is 2.33. The van der Waals surface area contributed by atoms with Gasteiger partial charge < -0.3 is 19.9 Å². The van der Waals surface area contributed by atoms with Gasteiger partial charge in [-0.15, -0.1) is 0 Å². The maximum Gasteiger partial charge on any atom is 0.325 e. The van der Waals surface area contributed by atoms with Crippen molar-refractivity contribution in [2.24, 2.45) is 0 Å². The van der Waals surface area contributed by atoms with Gasteiger partial charge in [0.1, 0.15) is 23.6 Å². The molecule has 0 spiro atoms. The van der Waals surface area contributed by atoms with Gasteiger partial charge in [0.2, 0.25) is 5.91 Å². The number of ether oxygens (including phenoxy) is 1. The first-order chi connectivity index (χ1) is 12.9. The minimum absolute atomic E-state index is 0.224. The first-order valence-electron chi connectivity index (χ1n) is 8.41. The quantitative estimate of drug-likeness (QED) is 0.747. The maximum atomic E-state index is 13.0. The smallest absolute Gasteiger partial charge is 0.325 e. The summed E-state index contributed by atoms with van der Waals surface area (Å²) in [7, 11) is 1.55. The topological polar surface area (TPSA) is 114 Å². The number of aryl methyl sites for hydroxylation is 1. The largest absolute Gasteiger partial charge is 0.497 e. The predicted octanol–water partition coefficient (Wildman–Crippen LogP) is 1.79. The van der Waals surface area contributed by atoms with Crippen LogP contribution in [0.4, 0.5) is 10.6 Å². The molecule has 142 valence electrons. The molecule has 27 heavy (non-hydrogen) atoms. The number of methoxy groups -OCH3 is 1. The van der Waals surface area contributed by atoms with Crippen LogP contribution in [-0.4, -0.2) is 41.6 Å². The second-order valence-electron chi connectivity index (χ2n) is 6.18. The highest BCUT2D eigenvalue weighted by molar-refractivity contribution is 6.10. The van der Waals surface area contributed by atoms with E-state index < -0.39 is 29.9 Å². The van der Waals surface area contributed by atoms with Crippen molar-refractivity contribution < 1.29 is 23.6 Å². The molecule has 1 saturated heterocycles. The van der Waals surface area contributed by atoms with E-state index in [0.29, 0.717) is 23.5 Å². The van der Waals surface area contributed by atoms with Crippen LogP contribution in [0.25, 0.3) is 0 Å². The summed E-state index contributed by atoms with van der Waals surface area (Å²) < 4.78 is 10.00. The van der Waals surface area contributed by atoms with Crippen LogP contribution >= 0.6 is 0 Å². The van der Waals surface area contributed by atoms with Gasteiger partial charge in [-0.1, -0.05) is 24.2 Å². The van der Waals surface area contributed by atoms with Crippen molar-refractivity contribution >= 4 is 23.7 Å². The van der Waals surface area contributed by atoms with Crippen molar-refractivity contribution in [1.29, 1.82) is 0 Å². The summed E-state index contributed by atoms with van der Waals surface area (Å²) in [6.07, 6.45) is 0.338. The van der Waals surface area contributed by atoms with Gasteiger partial charge in [-0.25, -0.2) is 4.79 Å². The lowest BCUT2D eigenvalue weighted by molar-refractivity contribution is -0.134. The Morgan fingerprint density at radius 3 is 2.59 bits per heavy atom. The summed E-state index contributed by atoms with van der Waals surface area (Å²) in [5.41, 5.74) is -0.590. The number of urea groups is 1. The zero-order valence-corrected chi connectivity index (χ0v) is 15.2. The Labute approximate surface area is 155 Å². The van der Waals surface area contributed by atoms with Crippen molar-refractivity contribution in [3.8, 4) is 5.75 Å².